The lowest BCUT2D eigenvalue weighted by molar-refractivity contribution is -0.0531. The Morgan fingerprint density at radius 1 is 0.630 bits per heavy atom. The maximum atomic E-state index is 14.9. The first kappa shape index (κ1) is 30.5. The number of carbonyl (C=O) groups is 2. The molecule has 0 unspecified atom stereocenters. The Morgan fingerprint density at radius 3 is 1.41 bits per heavy atom. The second kappa shape index (κ2) is 12.5. The number of amides is 2. The Labute approximate surface area is 272 Å². The van der Waals surface area contributed by atoms with Gasteiger partial charge >= 0.3 is 8.53 Å². The second-order valence-corrected chi connectivity index (χ2v) is 14.4. The first-order chi connectivity index (χ1) is 22.3. The summed E-state index contributed by atoms with van der Waals surface area (Å²) in [5.74, 6) is 1.25. The van der Waals surface area contributed by atoms with Gasteiger partial charge in [-0.25, -0.2) is 4.67 Å². The number of hydrogen-bond donors (Lipinski definition) is 0. The lowest BCUT2D eigenvalue weighted by atomic mass is 9.77. The molecule has 7 rings (SSSR count). The van der Waals surface area contributed by atoms with Crippen LogP contribution in [0.25, 0.3) is 0 Å². The molecule has 1 saturated heterocycles. The van der Waals surface area contributed by atoms with Crippen LogP contribution in [-0.2, 0) is 0 Å². The van der Waals surface area contributed by atoms with Crippen LogP contribution in [-0.4, -0.2) is 52.5 Å². The Morgan fingerprint density at radius 2 is 1.02 bits per heavy atom. The predicted octanol–water partition coefficient (Wildman–Crippen LogP) is 8.26. The van der Waals surface area contributed by atoms with E-state index in [1.54, 1.807) is 0 Å². The van der Waals surface area contributed by atoms with Crippen LogP contribution >= 0.6 is 8.53 Å². The minimum Gasteiger partial charge on any atom is -0.427 e. The van der Waals surface area contributed by atoms with E-state index in [0.29, 0.717) is 22.6 Å². The molecule has 4 aromatic carbocycles. The van der Waals surface area contributed by atoms with Crippen LogP contribution in [0, 0.1) is 13.8 Å². The molecule has 46 heavy (non-hydrogen) atoms. The van der Waals surface area contributed by atoms with Crippen molar-refractivity contribution in [1.82, 2.24) is 14.5 Å². The highest BCUT2D eigenvalue weighted by Gasteiger charge is 2.54. The molecule has 0 spiro atoms. The molecule has 4 aromatic rings. The average molecular weight is 634 g/mol. The molecule has 1 aliphatic carbocycles. The maximum absolute atomic E-state index is 14.9. The quantitative estimate of drug-likeness (QED) is 0.213. The van der Waals surface area contributed by atoms with E-state index in [-0.39, 0.29) is 23.9 Å². The Kier molecular flexibility index (Phi) is 8.31. The lowest BCUT2D eigenvalue weighted by Crippen LogP contribution is -2.65. The summed E-state index contributed by atoms with van der Waals surface area (Å²) >= 11 is 0. The van der Waals surface area contributed by atoms with Crippen LogP contribution in [0.1, 0.15) is 80.7 Å². The fraction of sp³-hybridized carbons (Fsp3) is 0.316. The Bertz CT molecular complexity index is 1620. The summed E-state index contributed by atoms with van der Waals surface area (Å²) < 4.78 is 15.3. The van der Waals surface area contributed by atoms with E-state index >= 15 is 0 Å². The minimum atomic E-state index is -1.54. The van der Waals surface area contributed by atoms with Crippen molar-refractivity contribution in [3.8, 4) is 11.5 Å². The van der Waals surface area contributed by atoms with Crippen molar-refractivity contribution in [2.75, 3.05) is 14.1 Å². The Balaban J connectivity index is 1.51. The molecule has 8 heteroatoms. The van der Waals surface area contributed by atoms with Crippen molar-refractivity contribution in [3.63, 3.8) is 0 Å². The molecule has 2 aliphatic heterocycles. The molecule has 2 amide bonds. The van der Waals surface area contributed by atoms with Crippen LogP contribution in [0.2, 0.25) is 0 Å². The maximum Gasteiger partial charge on any atom is 0.384 e. The average Bonchev–Trinajstić information content (AvgIpc) is 3.13. The van der Waals surface area contributed by atoms with Gasteiger partial charge in [-0.15, -0.1) is 0 Å². The topological polar surface area (TPSA) is 62.3 Å². The standard InChI is InChI=1S/C38H40N3O4P/c1-25-17-21-27(22-18-25)37(42)40-31-13-7-8-14-32(31)41(38(43)28-23-19-26(2)20-24-28)36-30-12-6-10-16-34(30)45-46(39(3)4)44-33-15-9-5-11-29(33)35(36)40/h5-6,9-12,15-24,31-32,35-36H,7-8,13-14H2,1-4H3/t31-,32-,35+,36+/m1/s1. The Hall–Kier alpha value is -4.19. The third-order valence-corrected chi connectivity index (χ3v) is 10.9. The van der Waals surface area contributed by atoms with Crippen LogP contribution in [0.15, 0.2) is 97.1 Å². The molecule has 0 radical (unpaired) electrons. The largest absolute Gasteiger partial charge is 0.427 e. The molecule has 2 fully saturated rings. The van der Waals surface area contributed by atoms with Gasteiger partial charge in [-0.3, -0.25) is 9.59 Å². The third-order valence-electron chi connectivity index (χ3n) is 9.53. The number of aryl methyl sites for hydroxylation is 2. The first-order valence-corrected chi connectivity index (χ1v) is 17.2. The number of hydrogen-bond acceptors (Lipinski definition) is 5. The van der Waals surface area contributed by atoms with Crippen molar-refractivity contribution < 1.29 is 18.6 Å². The van der Waals surface area contributed by atoms with Crippen molar-refractivity contribution in [2.24, 2.45) is 0 Å². The zero-order valence-corrected chi connectivity index (χ0v) is 27.7. The lowest BCUT2D eigenvalue weighted by Gasteiger charge is -2.57. The van der Waals surface area contributed by atoms with Crippen LogP contribution in [0.5, 0.6) is 11.5 Å². The van der Waals surface area contributed by atoms with Gasteiger partial charge in [-0.2, -0.15) is 0 Å². The van der Waals surface area contributed by atoms with Crippen molar-refractivity contribution >= 4 is 20.3 Å². The number of carbonyl (C=O) groups excluding carboxylic acids is 2. The van der Waals surface area contributed by atoms with E-state index in [1.165, 1.54) is 0 Å². The molecular formula is C38H40N3O4P. The van der Waals surface area contributed by atoms with E-state index in [4.69, 9.17) is 9.05 Å². The molecule has 2 heterocycles. The van der Waals surface area contributed by atoms with Gasteiger partial charge in [0.2, 0.25) is 0 Å². The first-order valence-electron chi connectivity index (χ1n) is 16.1. The summed E-state index contributed by atoms with van der Waals surface area (Å²) in [4.78, 5) is 34.1. The van der Waals surface area contributed by atoms with E-state index in [1.807, 2.05) is 118 Å². The van der Waals surface area contributed by atoms with Gasteiger partial charge < -0.3 is 18.8 Å². The summed E-state index contributed by atoms with van der Waals surface area (Å²) in [5.41, 5.74) is 5.22. The minimum absolute atomic E-state index is 0.0309. The summed E-state index contributed by atoms with van der Waals surface area (Å²) in [6.45, 7) is 4.06. The number of fused-ring (bicyclic) bond motifs is 6. The second-order valence-electron chi connectivity index (χ2n) is 12.8. The summed E-state index contributed by atoms with van der Waals surface area (Å²) in [6, 6.07) is 30.2. The van der Waals surface area contributed by atoms with Gasteiger partial charge in [0, 0.05) is 22.3 Å². The molecule has 0 bridgehead atoms. The van der Waals surface area contributed by atoms with Gasteiger partial charge in [0.15, 0.2) is 0 Å². The highest BCUT2D eigenvalue weighted by atomic mass is 31.2. The highest BCUT2D eigenvalue weighted by molar-refractivity contribution is 7.45. The fourth-order valence-corrected chi connectivity index (χ4v) is 8.34. The third kappa shape index (κ3) is 5.46. The normalized spacial score (nSPS) is 22.5. The van der Waals surface area contributed by atoms with E-state index in [0.717, 1.165) is 47.9 Å². The van der Waals surface area contributed by atoms with Gasteiger partial charge in [-0.1, -0.05) is 84.6 Å². The van der Waals surface area contributed by atoms with E-state index in [2.05, 4.69) is 21.9 Å². The molecule has 0 aromatic heterocycles. The number of nitrogens with zero attached hydrogens (tertiary/aromatic N) is 3. The zero-order chi connectivity index (χ0) is 31.9. The fourth-order valence-electron chi connectivity index (χ4n) is 7.31. The molecule has 7 nitrogen and oxygen atoms in total. The summed E-state index contributed by atoms with van der Waals surface area (Å²) in [7, 11) is 2.35. The summed E-state index contributed by atoms with van der Waals surface area (Å²) in [6.07, 6.45) is 3.61. The van der Waals surface area contributed by atoms with Crippen molar-refractivity contribution in [1.29, 1.82) is 0 Å². The highest BCUT2D eigenvalue weighted by Crippen LogP contribution is 2.57. The van der Waals surface area contributed by atoms with Crippen LogP contribution in [0.3, 0.4) is 0 Å². The SMILES string of the molecule is Cc1ccc(C(=O)N2[C@@H]3CCCC[C@H]3N(C(=O)c3ccc(C)cc3)[C@H]3c4ccccc4OP(N(C)C)Oc4ccccc4[C@@H]32)cc1. The monoisotopic (exact) mass is 633 g/mol. The van der Waals surface area contributed by atoms with Gasteiger partial charge in [0.05, 0.1) is 24.2 Å². The number of para-hydroxylation sites is 2. The smallest absolute Gasteiger partial charge is 0.384 e. The molecule has 4 atom stereocenters. The van der Waals surface area contributed by atoms with Crippen molar-refractivity contribution in [3.05, 3.63) is 130 Å². The predicted molar refractivity (Wildman–Crippen MR) is 181 cm³/mol. The van der Waals surface area contributed by atoms with E-state index < -0.39 is 20.6 Å². The summed E-state index contributed by atoms with van der Waals surface area (Å²) in [5, 5.41) is 0. The van der Waals surface area contributed by atoms with Gasteiger partial charge in [0.1, 0.15) is 11.5 Å². The number of benzene rings is 4. The van der Waals surface area contributed by atoms with Gasteiger partial charge in [-0.05, 0) is 77.2 Å². The number of rotatable bonds is 3. The number of piperazine rings is 1. The van der Waals surface area contributed by atoms with Gasteiger partial charge in [0.25, 0.3) is 11.8 Å². The van der Waals surface area contributed by atoms with Crippen molar-refractivity contribution in [2.45, 2.75) is 63.7 Å². The van der Waals surface area contributed by atoms with E-state index in [9.17, 15) is 9.59 Å². The van der Waals surface area contributed by atoms with Crippen LogP contribution < -0.4 is 9.05 Å². The molecule has 236 valence electrons. The molecular weight excluding hydrogens is 593 g/mol. The molecule has 3 aliphatic rings. The molecule has 1 saturated carbocycles. The van der Waals surface area contributed by atoms with Crippen LogP contribution in [0.4, 0.5) is 0 Å². The zero-order valence-electron chi connectivity index (χ0n) is 26.8. The molecule has 0 N–H and O–H groups in total.